The molecule has 0 aliphatic carbocycles. The number of ether oxygens (including phenoxy) is 1. The van der Waals surface area contributed by atoms with E-state index in [1.165, 1.54) is 7.11 Å². The van der Waals surface area contributed by atoms with Gasteiger partial charge in [-0.15, -0.1) is 0 Å². The summed E-state index contributed by atoms with van der Waals surface area (Å²) in [6.45, 7) is 11.7. The van der Waals surface area contributed by atoms with E-state index in [0.717, 1.165) is 12.6 Å². The molecule has 0 rings (SSSR count). The highest BCUT2D eigenvalue weighted by Crippen LogP contribution is 2.07. The van der Waals surface area contributed by atoms with Gasteiger partial charge in [-0.05, 0) is 26.3 Å². The fraction of sp³-hybridized carbons (Fsp3) is 0.850. The Kier molecular flexibility index (Phi) is 32.2. The van der Waals surface area contributed by atoms with Crippen LogP contribution in [0.15, 0.2) is 12.0 Å². The molecule has 0 aromatic rings. The summed E-state index contributed by atoms with van der Waals surface area (Å²) in [5.74, 6) is -0.870. The molecule has 0 aromatic heterocycles. The Balaban J connectivity index is -0.000000472. The minimum Gasteiger partial charge on any atom is -0.508 e. The molecular formula is C20H46N2O7. The predicted molar refractivity (Wildman–Crippen MR) is 117 cm³/mol. The van der Waals surface area contributed by atoms with Crippen LogP contribution in [0.4, 0.5) is 0 Å². The predicted octanol–water partition coefficient (Wildman–Crippen LogP) is 1.06. The first-order valence-corrected chi connectivity index (χ1v) is 10.4. The molecule has 9 heteroatoms. The number of hydrogen-bond acceptors (Lipinski definition) is 9. The Morgan fingerprint density at radius 2 is 1.55 bits per heavy atom. The van der Waals surface area contributed by atoms with Crippen LogP contribution in [0.5, 0.6) is 0 Å². The van der Waals surface area contributed by atoms with Gasteiger partial charge in [-0.3, -0.25) is 4.79 Å². The van der Waals surface area contributed by atoms with E-state index in [4.69, 9.17) is 10.2 Å². The molecule has 0 aliphatic rings. The molecule has 0 saturated carbocycles. The van der Waals surface area contributed by atoms with Crippen molar-refractivity contribution in [2.45, 2.75) is 85.2 Å². The van der Waals surface area contributed by atoms with E-state index in [2.05, 4.69) is 15.4 Å². The van der Waals surface area contributed by atoms with Gasteiger partial charge >= 0.3 is 5.97 Å². The third-order valence-electron chi connectivity index (χ3n) is 3.36. The van der Waals surface area contributed by atoms with Gasteiger partial charge in [0.2, 0.25) is 0 Å². The number of carbonyl (C=O) groups is 1. The number of esters is 1. The van der Waals surface area contributed by atoms with Crippen LogP contribution in [0, 0.1) is 0 Å². The topological polar surface area (TPSA) is 152 Å². The second kappa shape index (κ2) is 26.6. The van der Waals surface area contributed by atoms with Crippen molar-refractivity contribution in [3.63, 3.8) is 0 Å². The lowest BCUT2D eigenvalue weighted by Crippen LogP contribution is -2.40. The molecular weight excluding hydrogens is 380 g/mol. The van der Waals surface area contributed by atoms with Gasteiger partial charge < -0.3 is 40.9 Å². The highest BCUT2D eigenvalue weighted by molar-refractivity contribution is 5.75. The number of methoxy groups -OCH3 is 1. The maximum atomic E-state index is 11.3. The zero-order valence-corrected chi connectivity index (χ0v) is 19.5. The summed E-state index contributed by atoms with van der Waals surface area (Å²) >= 11 is 0. The molecule has 0 aliphatic heterocycles. The number of hydrogen-bond donors (Lipinski definition) is 7. The van der Waals surface area contributed by atoms with E-state index < -0.39 is 30.7 Å². The van der Waals surface area contributed by atoms with Gasteiger partial charge in [0.1, 0.15) is 30.1 Å². The summed E-state index contributed by atoms with van der Waals surface area (Å²) < 4.78 is 4.64. The van der Waals surface area contributed by atoms with Gasteiger partial charge in [-0.1, -0.05) is 41.5 Å². The molecule has 0 fully saturated rings. The molecule has 4 atom stereocenters. The summed E-state index contributed by atoms with van der Waals surface area (Å²) in [6.07, 6.45) is -1.77. The molecule has 9 nitrogen and oxygen atoms in total. The third kappa shape index (κ3) is 18.4. The van der Waals surface area contributed by atoms with Gasteiger partial charge in [-0.2, -0.15) is 0 Å². The van der Waals surface area contributed by atoms with Crippen molar-refractivity contribution < 1.29 is 35.1 Å². The smallest absolute Gasteiger partial charge is 0.322 e. The number of aliphatic hydroxyl groups is 5. The summed E-state index contributed by atoms with van der Waals surface area (Å²) in [5.41, 5.74) is 0. The first-order valence-electron chi connectivity index (χ1n) is 10.4. The second-order valence-corrected chi connectivity index (χ2v) is 5.07. The van der Waals surface area contributed by atoms with Crippen molar-refractivity contribution in [2.24, 2.45) is 0 Å². The molecule has 0 aromatic carbocycles. The van der Waals surface area contributed by atoms with Crippen molar-refractivity contribution in [2.75, 3.05) is 27.3 Å². The first-order chi connectivity index (χ1) is 13.9. The van der Waals surface area contributed by atoms with Crippen LogP contribution in [-0.2, 0) is 9.53 Å². The summed E-state index contributed by atoms with van der Waals surface area (Å²) in [6, 6.07) is -0.360. The Morgan fingerprint density at radius 1 is 1.03 bits per heavy atom. The monoisotopic (exact) mass is 426 g/mol. The largest absolute Gasteiger partial charge is 0.508 e. The number of rotatable bonds is 12. The third-order valence-corrected chi connectivity index (χ3v) is 3.36. The molecule has 0 spiro atoms. The lowest BCUT2D eigenvalue weighted by Gasteiger charge is -2.20. The molecule has 178 valence electrons. The Morgan fingerprint density at radius 3 is 1.97 bits per heavy atom. The van der Waals surface area contributed by atoms with E-state index >= 15 is 0 Å². The SMILES string of the molecule is CC.CC.CC.CNC(CCCCN/C=C(\O)C(O)C(O)C(O)CO)C(=O)OC. The van der Waals surface area contributed by atoms with E-state index in [1.807, 2.05) is 41.5 Å². The quantitative estimate of drug-likeness (QED) is 0.138. The Bertz CT molecular complexity index is 369. The molecule has 0 radical (unpaired) electrons. The number of carbonyl (C=O) groups excluding carboxylic acids is 1. The van der Waals surface area contributed by atoms with Crippen molar-refractivity contribution in [1.82, 2.24) is 10.6 Å². The average Bonchev–Trinajstić information content (AvgIpc) is 2.80. The zero-order valence-electron chi connectivity index (χ0n) is 19.5. The second-order valence-electron chi connectivity index (χ2n) is 5.07. The summed E-state index contributed by atoms with van der Waals surface area (Å²) in [7, 11) is 3.00. The molecule has 0 bridgehead atoms. The van der Waals surface area contributed by atoms with Crippen LogP contribution >= 0.6 is 0 Å². The van der Waals surface area contributed by atoms with E-state index in [-0.39, 0.29) is 12.0 Å². The molecule has 29 heavy (non-hydrogen) atoms. The van der Waals surface area contributed by atoms with Gasteiger partial charge in [0.25, 0.3) is 0 Å². The van der Waals surface area contributed by atoms with Crippen molar-refractivity contribution in [1.29, 1.82) is 0 Å². The van der Waals surface area contributed by atoms with Crippen molar-refractivity contribution in [3.05, 3.63) is 12.0 Å². The number of nitrogens with one attached hydrogen (secondary N) is 2. The highest BCUT2D eigenvalue weighted by atomic mass is 16.5. The van der Waals surface area contributed by atoms with Crippen molar-refractivity contribution in [3.8, 4) is 0 Å². The number of aliphatic hydroxyl groups excluding tert-OH is 5. The van der Waals surface area contributed by atoms with Gasteiger partial charge in [0.15, 0.2) is 0 Å². The van der Waals surface area contributed by atoms with Crippen LogP contribution in [0.25, 0.3) is 0 Å². The standard InChI is InChI=1S/C14H28N2O7.3C2H6/c1-15-9(14(22)23-2)5-3-4-6-16-7-10(18)12(20)13(21)11(19)8-17;3*1-2/h7,9,11-13,15-21H,3-6,8H2,1-2H3;3*1-2H3/b10-7-;;;. The van der Waals surface area contributed by atoms with Crippen molar-refractivity contribution >= 4 is 5.97 Å². The van der Waals surface area contributed by atoms with Crippen LogP contribution in [0.2, 0.25) is 0 Å². The van der Waals surface area contributed by atoms with Crippen LogP contribution < -0.4 is 10.6 Å². The maximum absolute atomic E-state index is 11.3. The normalized spacial score (nSPS) is 14.3. The van der Waals surface area contributed by atoms with E-state index in [9.17, 15) is 20.1 Å². The lowest BCUT2D eigenvalue weighted by molar-refractivity contribution is -0.143. The van der Waals surface area contributed by atoms with E-state index in [1.54, 1.807) is 7.05 Å². The fourth-order valence-electron chi connectivity index (χ4n) is 1.85. The maximum Gasteiger partial charge on any atom is 0.322 e. The van der Waals surface area contributed by atoms with Gasteiger partial charge in [0, 0.05) is 12.7 Å². The first kappa shape index (κ1) is 35.1. The lowest BCUT2D eigenvalue weighted by atomic mass is 10.1. The Hall–Kier alpha value is -1.39. The molecule has 0 heterocycles. The zero-order chi connectivity index (χ0) is 23.8. The van der Waals surface area contributed by atoms with Crippen LogP contribution in [0.3, 0.4) is 0 Å². The highest BCUT2D eigenvalue weighted by Gasteiger charge is 2.27. The fourth-order valence-corrected chi connectivity index (χ4v) is 1.85. The summed E-state index contributed by atoms with van der Waals surface area (Å²) in [4.78, 5) is 11.3. The summed E-state index contributed by atoms with van der Waals surface area (Å²) in [5, 5.41) is 51.9. The minimum absolute atomic E-state index is 0.322. The molecule has 0 saturated heterocycles. The minimum atomic E-state index is -1.70. The number of likely N-dealkylation sites (N-methyl/N-ethyl adjacent to an activating group) is 1. The van der Waals surface area contributed by atoms with Gasteiger partial charge in [-0.25, -0.2) is 0 Å². The van der Waals surface area contributed by atoms with Gasteiger partial charge in [0.05, 0.1) is 13.7 Å². The molecule has 7 N–H and O–H groups in total. The van der Waals surface area contributed by atoms with Crippen LogP contribution in [0.1, 0.15) is 60.8 Å². The van der Waals surface area contributed by atoms with E-state index in [0.29, 0.717) is 19.4 Å². The Labute approximate surface area is 176 Å². The molecule has 4 unspecified atom stereocenters. The molecule has 0 amide bonds. The average molecular weight is 427 g/mol. The van der Waals surface area contributed by atoms with Crippen LogP contribution in [-0.4, -0.2) is 83.2 Å². The number of unbranched alkanes of at least 4 members (excludes halogenated alkanes) is 1.